The molecule has 1 aliphatic carbocycles. The van der Waals surface area contributed by atoms with Crippen LogP contribution in [0, 0.1) is 0 Å². The van der Waals surface area contributed by atoms with Crippen LogP contribution in [0.5, 0.6) is 0 Å². The fraction of sp³-hybridized carbons (Fsp3) is 0.318. The van der Waals surface area contributed by atoms with E-state index in [1.807, 2.05) is 48.5 Å². The van der Waals surface area contributed by atoms with Crippen molar-refractivity contribution in [3.63, 3.8) is 0 Å². The SMILES string of the molecule is CCC(=O)NCCC(NC(=O)OCC1c2ccccc2-c2ccccc21)C(=O)O. The molecule has 0 saturated carbocycles. The Balaban J connectivity index is 1.60. The average molecular weight is 396 g/mol. The number of rotatable bonds is 8. The minimum Gasteiger partial charge on any atom is -0.480 e. The van der Waals surface area contributed by atoms with Gasteiger partial charge in [-0.2, -0.15) is 0 Å². The zero-order valence-corrected chi connectivity index (χ0v) is 16.2. The third-order valence-electron chi connectivity index (χ3n) is 5.01. The van der Waals surface area contributed by atoms with Crippen molar-refractivity contribution in [3.8, 4) is 11.1 Å². The zero-order valence-electron chi connectivity index (χ0n) is 16.2. The van der Waals surface area contributed by atoms with Crippen LogP contribution in [-0.4, -0.2) is 42.3 Å². The van der Waals surface area contributed by atoms with Gasteiger partial charge in [0.1, 0.15) is 12.6 Å². The lowest BCUT2D eigenvalue weighted by molar-refractivity contribution is -0.139. The molecule has 29 heavy (non-hydrogen) atoms. The second-order valence-corrected chi connectivity index (χ2v) is 6.85. The number of carbonyl (C=O) groups excluding carboxylic acids is 2. The topological polar surface area (TPSA) is 105 Å². The van der Waals surface area contributed by atoms with E-state index in [-0.39, 0.29) is 31.4 Å². The van der Waals surface area contributed by atoms with Gasteiger partial charge < -0.3 is 20.5 Å². The first kappa shape index (κ1) is 20.4. The summed E-state index contributed by atoms with van der Waals surface area (Å²) in [7, 11) is 0. The second-order valence-electron chi connectivity index (χ2n) is 6.85. The van der Waals surface area contributed by atoms with E-state index >= 15 is 0 Å². The van der Waals surface area contributed by atoms with Crippen LogP contribution in [0.4, 0.5) is 4.79 Å². The van der Waals surface area contributed by atoms with Crippen LogP contribution in [0.3, 0.4) is 0 Å². The number of fused-ring (bicyclic) bond motifs is 3. The highest BCUT2D eigenvalue weighted by atomic mass is 16.5. The molecule has 2 amide bonds. The van der Waals surface area contributed by atoms with E-state index in [2.05, 4.69) is 10.6 Å². The predicted molar refractivity (Wildman–Crippen MR) is 108 cm³/mol. The quantitative estimate of drug-likeness (QED) is 0.636. The van der Waals surface area contributed by atoms with Crippen molar-refractivity contribution < 1.29 is 24.2 Å². The molecule has 1 unspecified atom stereocenters. The maximum Gasteiger partial charge on any atom is 0.407 e. The fourth-order valence-corrected chi connectivity index (χ4v) is 3.52. The molecular formula is C22H24N2O5. The third-order valence-corrected chi connectivity index (χ3v) is 5.01. The summed E-state index contributed by atoms with van der Waals surface area (Å²) in [5.41, 5.74) is 4.40. The van der Waals surface area contributed by atoms with Gasteiger partial charge >= 0.3 is 12.1 Å². The zero-order chi connectivity index (χ0) is 20.8. The summed E-state index contributed by atoms with van der Waals surface area (Å²) < 4.78 is 5.37. The number of aliphatic carboxylic acids is 1. The van der Waals surface area contributed by atoms with Crippen molar-refractivity contribution in [2.24, 2.45) is 0 Å². The van der Waals surface area contributed by atoms with E-state index in [0.29, 0.717) is 6.42 Å². The number of ether oxygens (including phenoxy) is 1. The summed E-state index contributed by atoms with van der Waals surface area (Å²) in [4.78, 5) is 34.9. The average Bonchev–Trinajstić information content (AvgIpc) is 3.05. The van der Waals surface area contributed by atoms with Crippen LogP contribution < -0.4 is 10.6 Å². The van der Waals surface area contributed by atoms with Crippen LogP contribution >= 0.6 is 0 Å². The summed E-state index contributed by atoms with van der Waals surface area (Å²) in [5.74, 6) is -1.44. The molecule has 7 nitrogen and oxygen atoms in total. The van der Waals surface area contributed by atoms with E-state index < -0.39 is 18.1 Å². The van der Waals surface area contributed by atoms with Crippen molar-refractivity contribution in [2.45, 2.75) is 31.7 Å². The van der Waals surface area contributed by atoms with Crippen LogP contribution in [-0.2, 0) is 14.3 Å². The minimum absolute atomic E-state index is 0.0747. The molecule has 0 aliphatic heterocycles. The standard InChI is InChI=1S/C22H24N2O5/c1-2-20(25)23-12-11-19(21(26)27)24-22(28)29-13-18-16-9-5-3-7-14(16)15-8-4-6-10-17(15)18/h3-10,18-19H,2,11-13H2,1H3,(H,23,25)(H,24,28)(H,26,27). The molecule has 1 aliphatic rings. The van der Waals surface area contributed by atoms with Gasteiger partial charge in [-0.05, 0) is 28.7 Å². The smallest absolute Gasteiger partial charge is 0.407 e. The van der Waals surface area contributed by atoms with Gasteiger partial charge in [0.05, 0.1) is 0 Å². The highest BCUT2D eigenvalue weighted by Crippen LogP contribution is 2.44. The molecule has 152 valence electrons. The van der Waals surface area contributed by atoms with Crippen LogP contribution in [0.1, 0.15) is 36.8 Å². The summed E-state index contributed by atoms with van der Waals surface area (Å²) in [5, 5.41) is 14.3. The number of hydrogen-bond donors (Lipinski definition) is 3. The lowest BCUT2D eigenvalue weighted by atomic mass is 9.98. The lowest BCUT2D eigenvalue weighted by Gasteiger charge is -2.17. The van der Waals surface area contributed by atoms with E-state index in [4.69, 9.17) is 4.74 Å². The summed E-state index contributed by atoms with van der Waals surface area (Å²) in [6.45, 7) is 1.98. The molecule has 2 aromatic carbocycles. The minimum atomic E-state index is -1.18. The first-order chi connectivity index (χ1) is 14.0. The van der Waals surface area contributed by atoms with E-state index in [0.717, 1.165) is 22.3 Å². The number of carboxylic acids is 1. The number of carboxylic acid groups (broad SMARTS) is 1. The molecule has 0 radical (unpaired) electrons. The lowest BCUT2D eigenvalue weighted by Crippen LogP contribution is -2.43. The van der Waals surface area contributed by atoms with Crippen molar-refractivity contribution in [1.29, 1.82) is 0 Å². The molecule has 1 atom stereocenters. The molecule has 0 bridgehead atoms. The molecule has 0 saturated heterocycles. The number of amides is 2. The normalized spacial score (nSPS) is 13.1. The van der Waals surface area contributed by atoms with Crippen molar-refractivity contribution in [3.05, 3.63) is 59.7 Å². The van der Waals surface area contributed by atoms with Crippen LogP contribution in [0.2, 0.25) is 0 Å². The highest BCUT2D eigenvalue weighted by molar-refractivity contribution is 5.81. The molecule has 7 heteroatoms. The molecule has 0 aromatic heterocycles. The van der Waals surface area contributed by atoms with Crippen molar-refractivity contribution in [2.75, 3.05) is 13.2 Å². The number of alkyl carbamates (subject to hydrolysis) is 1. The van der Waals surface area contributed by atoms with Gasteiger partial charge in [-0.1, -0.05) is 55.5 Å². The predicted octanol–water partition coefficient (Wildman–Crippen LogP) is 2.89. The van der Waals surface area contributed by atoms with Crippen molar-refractivity contribution in [1.82, 2.24) is 10.6 Å². The van der Waals surface area contributed by atoms with Gasteiger partial charge in [0.2, 0.25) is 5.91 Å². The van der Waals surface area contributed by atoms with Gasteiger partial charge in [0.25, 0.3) is 0 Å². The summed E-state index contributed by atoms with van der Waals surface area (Å²) in [6, 6.07) is 14.8. The highest BCUT2D eigenvalue weighted by Gasteiger charge is 2.29. The number of nitrogens with one attached hydrogen (secondary N) is 2. The Hall–Kier alpha value is -3.35. The number of hydrogen-bond acceptors (Lipinski definition) is 4. The summed E-state index contributed by atoms with van der Waals surface area (Å²) >= 11 is 0. The maximum absolute atomic E-state index is 12.2. The third kappa shape index (κ3) is 4.74. The molecule has 0 fully saturated rings. The van der Waals surface area contributed by atoms with E-state index in [1.165, 1.54) is 0 Å². The Morgan fingerprint density at radius 3 is 2.17 bits per heavy atom. The maximum atomic E-state index is 12.2. The first-order valence-electron chi connectivity index (χ1n) is 9.62. The Morgan fingerprint density at radius 1 is 1.03 bits per heavy atom. The van der Waals surface area contributed by atoms with E-state index in [1.54, 1.807) is 6.92 Å². The Kier molecular flexibility index (Phi) is 6.49. The van der Waals surface area contributed by atoms with Gasteiger partial charge in [0.15, 0.2) is 0 Å². The van der Waals surface area contributed by atoms with Gasteiger partial charge in [-0.15, -0.1) is 0 Å². The second kappa shape index (κ2) is 9.23. The Bertz CT molecular complexity index is 866. The molecule has 0 spiro atoms. The molecule has 3 N–H and O–H groups in total. The van der Waals surface area contributed by atoms with Gasteiger partial charge in [-0.25, -0.2) is 9.59 Å². The Morgan fingerprint density at radius 2 is 1.62 bits per heavy atom. The van der Waals surface area contributed by atoms with Crippen LogP contribution in [0.25, 0.3) is 11.1 Å². The molecular weight excluding hydrogens is 372 g/mol. The van der Waals surface area contributed by atoms with Crippen LogP contribution in [0.15, 0.2) is 48.5 Å². The number of carbonyl (C=O) groups is 3. The molecule has 3 rings (SSSR count). The van der Waals surface area contributed by atoms with Crippen molar-refractivity contribution >= 4 is 18.0 Å². The first-order valence-corrected chi connectivity index (χ1v) is 9.62. The van der Waals surface area contributed by atoms with Gasteiger partial charge in [-0.3, -0.25) is 4.79 Å². The number of benzene rings is 2. The van der Waals surface area contributed by atoms with E-state index in [9.17, 15) is 19.5 Å². The largest absolute Gasteiger partial charge is 0.480 e. The Labute approximate surface area is 169 Å². The summed E-state index contributed by atoms with van der Waals surface area (Å²) in [6.07, 6.45) is -0.399. The van der Waals surface area contributed by atoms with Gasteiger partial charge in [0, 0.05) is 18.9 Å². The molecule has 2 aromatic rings. The molecule has 0 heterocycles. The fourth-order valence-electron chi connectivity index (χ4n) is 3.52. The monoisotopic (exact) mass is 396 g/mol.